The molecule has 2 heteroatoms. The Labute approximate surface area is 90.0 Å². The van der Waals surface area contributed by atoms with E-state index in [0.29, 0.717) is 16.7 Å². The lowest BCUT2D eigenvalue weighted by molar-refractivity contribution is 0.370. The van der Waals surface area contributed by atoms with Gasteiger partial charge < -0.3 is 4.74 Å². The maximum atomic E-state index is 6.02. The summed E-state index contributed by atoms with van der Waals surface area (Å²) in [7, 11) is 0. The molecular formula is C12H13ClO. The van der Waals surface area contributed by atoms with E-state index in [1.807, 2.05) is 18.2 Å². The van der Waals surface area contributed by atoms with Crippen LogP contribution in [0, 0.1) is 12.3 Å². The number of benzene rings is 1. The molecule has 0 aliphatic rings. The highest BCUT2D eigenvalue weighted by molar-refractivity contribution is 6.32. The Kier molecular flexibility index (Phi) is 3.85. The summed E-state index contributed by atoms with van der Waals surface area (Å²) in [6.07, 6.45) is 5.09. The molecule has 14 heavy (non-hydrogen) atoms. The van der Waals surface area contributed by atoms with E-state index in [1.165, 1.54) is 5.56 Å². The molecule has 1 rings (SSSR count). The van der Waals surface area contributed by atoms with Gasteiger partial charge in [-0.1, -0.05) is 37.4 Å². The number of hydrogen-bond acceptors (Lipinski definition) is 1. The minimum absolute atomic E-state index is 0.251. The predicted molar refractivity (Wildman–Crippen MR) is 59.9 cm³/mol. The molecule has 1 aromatic rings. The normalized spacial score (nSPS) is 9.93. The number of halogens is 1. The molecule has 1 nitrogen and oxygen atoms in total. The van der Waals surface area contributed by atoms with E-state index < -0.39 is 0 Å². The molecular weight excluding hydrogens is 196 g/mol. The van der Waals surface area contributed by atoms with Crippen LogP contribution >= 0.6 is 11.6 Å². The van der Waals surface area contributed by atoms with Crippen molar-refractivity contribution in [3.63, 3.8) is 0 Å². The van der Waals surface area contributed by atoms with Gasteiger partial charge >= 0.3 is 0 Å². The molecule has 0 aliphatic heterocycles. The zero-order chi connectivity index (χ0) is 10.6. The number of hydrogen-bond donors (Lipinski definition) is 0. The van der Waals surface area contributed by atoms with Crippen molar-refractivity contribution in [2.75, 3.05) is 6.61 Å². The molecule has 0 aromatic heterocycles. The van der Waals surface area contributed by atoms with Gasteiger partial charge in [0, 0.05) is 0 Å². The van der Waals surface area contributed by atoms with Gasteiger partial charge in [0.2, 0.25) is 0 Å². The number of ether oxygens (including phenoxy) is 1. The maximum absolute atomic E-state index is 6.02. The van der Waals surface area contributed by atoms with Gasteiger partial charge in [-0.3, -0.25) is 0 Å². The van der Waals surface area contributed by atoms with Crippen LogP contribution in [-0.2, 0) is 0 Å². The lowest BCUT2D eigenvalue weighted by atomic mass is 10.0. The largest absolute Gasteiger partial charge is 0.479 e. The molecule has 0 aliphatic carbocycles. The summed E-state index contributed by atoms with van der Waals surface area (Å²) in [5.41, 5.74) is 1.20. The summed E-state index contributed by atoms with van der Waals surface area (Å²) in [6.45, 7) is 4.49. The smallest absolute Gasteiger partial charge is 0.148 e. The minimum atomic E-state index is 0.251. The summed E-state index contributed by atoms with van der Waals surface area (Å²) in [5, 5.41) is 0.617. The van der Waals surface area contributed by atoms with Gasteiger partial charge in [-0.05, 0) is 23.6 Å². The summed E-state index contributed by atoms with van der Waals surface area (Å²) in [6, 6.07) is 5.77. The Hall–Kier alpha value is -1.13. The summed E-state index contributed by atoms with van der Waals surface area (Å²) in [4.78, 5) is 0. The zero-order valence-corrected chi connectivity index (χ0v) is 9.14. The highest BCUT2D eigenvalue weighted by atomic mass is 35.5. The minimum Gasteiger partial charge on any atom is -0.479 e. The van der Waals surface area contributed by atoms with Gasteiger partial charge in [0.25, 0.3) is 0 Å². The number of terminal acetylenes is 1. The first-order chi connectivity index (χ1) is 6.65. The molecule has 0 heterocycles. The van der Waals surface area contributed by atoms with Crippen molar-refractivity contribution in [2.24, 2.45) is 0 Å². The highest BCUT2D eigenvalue weighted by Crippen LogP contribution is 2.28. The van der Waals surface area contributed by atoms with Crippen LogP contribution in [0.3, 0.4) is 0 Å². The first kappa shape index (κ1) is 10.9. The Bertz CT molecular complexity index is 350. The molecule has 0 saturated carbocycles. The lowest BCUT2D eigenvalue weighted by Gasteiger charge is -2.09. The van der Waals surface area contributed by atoms with Crippen molar-refractivity contribution in [3.8, 4) is 18.1 Å². The van der Waals surface area contributed by atoms with E-state index in [2.05, 4.69) is 19.8 Å². The van der Waals surface area contributed by atoms with E-state index in [9.17, 15) is 0 Å². The second-order valence-electron chi connectivity index (χ2n) is 3.34. The van der Waals surface area contributed by atoms with Crippen LogP contribution in [0.4, 0.5) is 0 Å². The van der Waals surface area contributed by atoms with Crippen LogP contribution in [0.1, 0.15) is 25.3 Å². The standard InChI is InChI=1S/C12H13ClO/c1-4-7-14-12-6-5-10(9(2)3)8-11(12)13/h1,5-6,8-9H,7H2,2-3H3. The predicted octanol–water partition coefficient (Wildman–Crippen LogP) is 3.48. The van der Waals surface area contributed by atoms with Crippen LogP contribution in [0.5, 0.6) is 5.75 Å². The summed E-state index contributed by atoms with van der Waals surface area (Å²) < 4.78 is 5.25. The Morgan fingerprint density at radius 3 is 2.71 bits per heavy atom. The molecule has 1 aromatic carbocycles. The molecule has 0 saturated heterocycles. The van der Waals surface area contributed by atoms with E-state index in [4.69, 9.17) is 22.8 Å². The van der Waals surface area contributed by atoms with Gasteiger partial charge in [0.05, 0.1) is 5.02 Å². The van der Waals surface area contributed by atoms with E-state index >= 15 is 0 Å². The van der Waals surface area contributed by atoms with E-state index in [0.717, 1.165) is 0 Å². The van der Waals surface area contributed by atoms with Gasteiger partial charge in [-0.15, -0.1) is 6.42 Å². The van der Waals surface area contributed by atoms with Crippen molar-refractivity contribution in [1.29, 1.82) is 0 Å². The maximum Gasteiger partial charge on any atom is 0.148 e. The van der Waals surface area contributed by atoms with Crippen LogP contribution in [0.15, 0.2) is 18.2 Å². The van der Waals surface area contributed by atoms with Crippen molar-refractivity contribution in [2.45, 2.75) is 19.8 Å². The van der Waals surface area contributed by atoms with Crippen molar-refractivity contribution < 1.29 is 4.74 Å². The Morgan fingerprint density at radius 1 is 1.50 bits per heavy atom. The molecule has 0 amide bonds. The average molecular weight is 209 g/mol. The highest BCUT2D eigenvalue weighted by Gasteiger charge is 2.04. The van der Waals surface area contributed by atoms with Crippen molar-refractivity contribution >= 4 is 11.6 Å². The molecule has 0 spiro atoms. The van der Waals surface area contributed by atoms with Crippen molar-refractivity contribution in [1.82, 2.24) is 0 Å². The fourth-order valence-corrected chi connectivity index (χ4v) is 1.36. The van der Waals surface area contributed by atoms with Gasteiger partial charge in [-0.2, -0.15) is 0 Å². The van der Waals surface area contributed by atoms with E-state index in [1.54, 1.807) is 0 Å². The monoisotopic (exact) mass is 208 g/mol. The second-order valence-corrected chi connectivity index (χ2v) is 3.74. The average Bonchev–Trinajstić information content (AvgIpc) is 2.15. The molecule has 0 atom stereocenters. The molecule has 0 radical (unpaired) electrons. The molecule has 0 fully saturated rings. The zero-order valence-electron chi connectivity index (χ0n) is 8.38. The fourth-order valence-electron chi connectivity index (χ4n) is 1.11. The molecule has 0 N–H and O–H groups in total. The lowest BCUT2D eigenvalue weighted by Crippen LogP contribution is -1.95. The second kappa shape index (κ2) is 4.93. The number of rotatable bonds is 3. The molecule has 74 valence electrons. The fraction of sp³-hybridized carbons (Fsp3) is 0.333. The summed E-state index contributed by atoms with van der Waals surface area (Å²) >= 11 is 6.02. The Morgan fingerprint density at radius 2 is 2.21 bits per heavy atom. The van der Waals surface area contributed by atoms with Gasteiger partial charge in [-0.25, -0.2) is 0 Å². The van der Waals surface area contributed by atoms with Crippen LogP contribution in [-0.4, -0.2) is 6.61 Å². The van der Waals surface area contributed by atoms with Crippen LogP contribution < -0.4 is 4.74 Å². The Balaban J connectivity index is 2.85. The topological polar surface area (TPSA) is 9.23 Å². The van der Waals surface area contributed by atoms with E-state index in [-0.39, 0.29) is 6.61 Å². The van der Waals surface area contributed by atoms with Crippen molar-refractivity contribution in [3.05, 3.63) is 28.8 Å². The van der Waals surface area contributed by atoms with Crippen LogP contribution in [0.25, 0.3) is 0 Å². The third-order valence-corrected chi connectivity index (χ3v) is 2.23. The first-order valence-electron chi connectivity index (χ1n) is 4.51. The molecule has 0 bridgehead atoms. The van der Waals surface area contributed by atoms with Gasteiger partial charge in [0.15, 0.2) is 0 Å². The third kappa shape index (κ3) is 2.68. The quantitative estimate of drug-likeness (QED) is 0.692. The molecule has 0 unspecified atom stereocenters. The van der Waals surface area contributed by atoms with Crippen LogP contribution in [0.2, 0.25) is 5.02 Å². The third-order valence-electron chi connectivity index (χ3n) is 1.93. The first-order valence-corrected chi connectivity index (χ1v) is 4.88. The van der Waals surface area contributed by atoms with Gasteiger partial charge in [0.1, 0.15) is 12.4 Å². The SMILES string of the molecule is C#CCOc1ccc(C(C)C)cc1Cl. The summed E-state index contributed by atoms with van der Waals surface area (Å²) in [5.74, 6) is 3.51.